The minimum absolute atomic E-state index is 0.0141. The number of rotatable bonds is 6. The first-order valence-corrected chi connectivity index (χ1v) is 6.94. The van der Waals surface area contributed by atoms with Crippen LogP contribution in [0.3, 0.4) is 0 Å². The fourth-order valence-corrected chi connectivity index (χ4v) is 2.31. The number of methoxy groups -OCH3 is 1. The Morgan fingerprint density at radius 3 is 3.20 bits per heavy atom. The summed E-state index contributed by atoms with van der Waals surface area (Å²) in [6.07, 6.45) is 1.97. The number of morpholine rings is 1. The zero-order valence-corrected chi connectivity index (χ0v) is 12.2. The average Bonchev–Trinajstić information content (AvgIpc) is 2.93. The van der Waals surface area contributed by atoms with Crippen LogP contribution in [0.25, 0.3) is 0 Å². The Morgan fingerprint density at radius 1 is 1.65 bits per heavy atom. The van der Waals surface area contributed by atoms with Crippen molar-refractivity contribution < 1.29 is 14.3 Å². The normalized spacial score (nSPS) is 19.0. The number of nitrogens with one attached hydrogen (secondary N) is 1. The van der Waals surface area contributed by atoms with E-state index in [1.54, 1.807) is 12.0 Å². The quantitative estimate of drug-likeness (QED) is 0.809. The maximum Gasteiger partial charge on any atom is 0.270 e. The molecule has 1 N–H and O–H groups in total. The molecule has 1 aromatic rings. The van der Waals surface area contributed by atoms with Crippen molar-refractivity contribution in [3.8, 4) is 0 Å². The summed E-state index contributed by atoms with van der Waals surface area (Å²) in [5, 5.41) is 3.27. The van der Waals surface area contributed by atoms with Crippen molar-refractivity contribution in [3.63, 3.8) is 0 Å². The molecule has 6 nitrogen and oxygen atoms in total. The number of carbonyl (C=O) groups is 1. The van der Waals surface area contributed by atoms with Gasteiger partial charge in [0.25, 0.3) is 5.91 Å². The van der Waals surface area contributed by atoms with E-state index in [0.717, 1.165) is 13.1 Å². The summed E-state index contributed by atoms with van der Waals surface area (Å²) in [7, 11) is 3.47. The molecule has 1 amide bonds. The molecule has 1 aliphatic heterocycles. The SMILES string of the molecule is COCCn1cccc1C(=O)N(C)CC1CNCCO1. The number of amides is 1. The maximum absolute atomic E-state index is 12.5. The third-order valence-corrected chi connectivity index (χ3v) is 3.41. The van der Waals surface area contributed by atoms with Gasteiger partial charge in [-0.05, 0) is 12.1 Å². The Morgan fingerprint density at radius 2 is 2.50 bits per heavy atom. The summed E-state index contributed by atoms with van der Waals surface area (Å²) >= 11 is 0. The van der Waals surface area contributed by atoms with Gasteiger partial charge in [-0.1, -0.05) is 0 Å². The topological polar surface area (TPSA) is 55.7 Å². The van der Waals surface area contributed by atoms with Gasteiger partial charge in [0, 0.05) is 46.5 Å². The lowest BCUT2D eigenvalue weighted by atomic mass is 10.2. The van der Waals surface area contributed by atoms with Crippen LogP contribution in [-0.4, -0.2) is 68.5 Å². The minimum atomic E-state index is 0.0141. The molecule has 6 heteroatoms. The van der Waals surface area contributed by atoms with E-state index < -0.39 is 0 Å². The third kappa shape index (κ3) is 3.82. The van der Waals surface area contributed by atoms with Crippen LogP contribution in [-0.2, 0) is 16.0 Å². The molecule has 0 spiro atoms. The number of hydrogen-bond acceptors (Lipinski definition) is 4. The summed E-state index contributed by atoms with van der Waals surface area (Å²) in [6.45, 7) is 4.25. The molecule has 2 heterocycles. The van der Waals surface area contributed by atoms with E-state index in [2.05, 4.69) is 5.32 Å². The van der Waals surface area contributed by atoms with Crippen LogP contribution >= 0.6 is 0 Å². The van der Waals surface area contributed by atoms with Crippen LogP contribution in [0.15, 0.2) is 18.3 Å². The summed E-state index contributed by atoms with van der Waals surface area (Å²) in [5.74, 6) is 0.0141. The van der Waals surface area contributed by atoms with E-state index in [4.69, 9.17) is 9.47 Å². The number of likely N-dealkylation sites (N-methyl/N-ethyl adjacent to an activating group) is 1. The van der Waals surface area contributed by atoms with Crippen molar-refractivity contribution in [2.24, 2.45) is 0 Å². The molecule has 0 aliphatic carbocycles. The van der Waals surface area contributed by atoms with Crippen LogP contribution in [0.5, 0.6) is 0 Å². The summed E-state index contributed by atoms with van der Waals surface area (Å²) in [5.41, 5.74) is 0.688. The van der Waals surface area contributed by atoms with E-state index in [9.17, 15) is 4.79 Å². The lowest BCUT2D eigenvalue weighted by Gasteiger charge is -2.28. The molecule has 0 saturated carbocycles. The van der Waals surface area contributed by atoms with E-state index in [0.29, 0.717) is 32.0 Å². The van der Waals surface area contributed by atoms with E-state index >= 15 is 0 Å². The second kappa shape index (κ2) is 7.42. The standard InChI is InChI=1S/C14H23N3O3/c1-16(11-12-10-15-5-8-20-12)14(18)13-4-3-6-17(13)7-9-19-2/h3-4,6,12,15H,5,7-11H2,1-2H3. The smallest absolute Gasteiger partial charge is 0.270 e. The Hall–Kier alpha value is -1.37. The summed E-state index contributed by atoms with van der Waals surface area (Å²) in [4.78, 5) is 14.2. The fraction of sp³-hybridized carbons (Fsp3) is 0.643. The zero-order valence-electron chi connectivity index (χ0n) is 12.2. The van der Waals surface area contributed by atoms with E-state index in [-0.39, 0.29) is 12.0 Å². The van der Waals surface area contributed by atoms with Gasteiger partial charge in [-0.2, -0.15) is 0 Å². The molecule has 1 atom stereocenters. The van der Waals surface area contributed by atoms with Crippen molar-refractivity contribution in [2.45, 2.75) is 12.6 Å². The second-order valence-electron chi connectivity index (χ2n) is 4.96. The number of nitrogens with zero attached hydrogens (tertiary/aromatic N) is 2. The molecule has 0 bridgehead atoms. The van der Waals surface area contributed by atoms with Crippen molar-refractivity contribution >= 4 is 5.91 Å². The van der Waals surface area contributed by atoms with Gasteiger partial charge in [-0.15, -0.1) is 0 Å². The molecule has 0 aromatic carbocycles. The van der Waals surface area contributed by atoms with Crippen LogP contribution < -0.4 is 5.32 Å². The summed E-state index contributed by atoms with van der Waals surface area (Å²) in [6, 6.07) is 3.73. The first kappa shape index (κ1) is 15.0. The molecule has 0 radical (unpaired) electrons. The minimum Gasteiger partial charge on any atom is -0.383 e. The highest BCUT2D eigenvalue weighted by atomic mass is 16.5. The molecule has 1 aliphatic rings. The zero-order chi connectivity index (χ0) is 14.4. The van der Waals surface area contributed by atoms with Crippen LogP contribution in [0.2, 0.25) is 0 Å². The van der Waals surface area contributed by atoms with Gasteiger partial charge >= 0.3 is 0 Å². The van der Waals surface area contributed by atoms with Gasteiger partial charge in [0.15, 0.2) is 0 Å². The average molecular weight is 281 g/mol. The number of hydrogen-bond donors (Lipinski definition) is 1. The van der Waals surface area contributed by atoms with Crippen LogP contribution in [0.4, 0.5) is 0 Å². The van der Waals surface area contributed by atoms with Gasteiger partial charge in [-0.3, -0.25) is 4.79 Å². The van der Waals surface area contributed by atoms with Gasteiger partial charge in [0.2, 0.25) is 0 Å². The van der Waals surface area contributed by atoms with Crippen molar-refractivity contribution in [3.05, 3.63) is 24.0 Å². The number of aromatic nitrogens is 1. The molecule has 20 heavy (non-hydrogen) atoms. The Balaban J connectivity index is 1.93. The molecular formula is C14H23N3O3. The largest absolute Gasteiger partial charge is 0.383 e. The Bertz CT molecular complexity index is 427. The highest BCUT2D eigenvalue weighted by molar-refractivity contribution is 5.92. The second-order valence-corrected chi connectivity index (χ2v) is 4.96. The highest BCUT2D eigenvalue weighted by Crippen LogP contribution is 2.08. The molecule has 1 unspecified atom stereocenters. The van der Waals surface area contributed by atoms with E-state index in [1.165, 1.54) is 0 Å². The number of carbonyl (C=O) groups excluding carboxylic acids is 1. The first-order valence-electron chi connectivity index (χ1n) is 6.94. The van der Waals surface area contributed by atoms with Crippen molar-refractivity contribution in [1.82, 2.24) is 14.8 Å². The molecular weight excluding hydrogens is 258 g/mol. The van der Waals surface area contributed by atoms with Gasteiger partial charge in [-0.25, -0.2) is 0 Å². The summed E-state index contributed by atoms with van der Waals surface area (Å²) < 4.78 is 12.6. The fourth-order valence-electron chi connectivity index (χ4n) is 2.31. The predicted octanol–water partition coefficient (Wildman–Crippen LogP) is 0.195. The first-order chi connectivity index (χ1) is 9.72. The lowest BCUT2D eigenvalue weighted by Crippen LogP contribution is -2.46. The van der Waals surface area contributed by atoms with Crippen molar-refractivity contribution in [2.75, 3.05) is 47.0 Å². The monoisotopic (exact) mass is 281 g/mol. The van der Waals surface area contributed by atoms with Gasteiger partial charge in [0.1, 0.15) is 5.69 Å². The van der Waals surface area contributed by atoms with Crippen molar-refractivity contribution in [1.29, 1.82) is 0 Å². The van der Waals surface area contributed by atoms with Crippen LogP contribution in [0, 0.1) is 0 Å². The third-order valence-electron chi connectivity index (χ3n) is 3.41. The molecule has 1 aromatic heterocycles. The molecule has 1 fully saturated rings. The Labute approximate surface area is 119 Å². The lowest BCUT2D eigenvalue weighted by molar-refractivity contribution is 0.0101. The number of ether oxygens (including phenoxy) is 2. The molecule has 2 rings (SSSR count). The van der Waals surface area contributed by atoms with Gasteiger partial charge < -0.3 is 24.3 Å². The maximum atomic E-state index is 12.5. The molecule has 112 valence electrons. The van der Waals surface area contributed by atoms with E-state index in [1.807, 2.05) is 29.9 Å². The molecule has 1 saturated heterocycles. The van der Waals surface area contributed by atoms with Crippen LogP contribution in [0.1, 0.15) is 10.5 Å². The van der Waals surface area contributed by atoms with Gasteiger partial charge in [0.05, 0.1) is 19.3 Å². The Kier molecular flexibility index (Phi) is 5.58. The predicted molar refractivity (Wildman–Crippen MR) is 75.9 cm³/mol. The highest BCUT2D eigenvalue weighted by Gasteiger charge is 2.21.